The molecule has 0 radical (unpaired) electrons. The van der Waals surface area contributed by atoms with Gasteiger partial charge >= 0.3 is 0 Å². The Bertz CT molecular complexity index is 549. The van der Waals surface area contributed by atoms with Crippen molar-refractivity contribution < 1.29 is 19.4 Å². The third kappa shape index (κ3) is 4.93. The summed E-state index contributed by atoms with van der Waals surface area (Å²) in [5.74, 6) is -0.00145. The van der Waals surface area contributed by atoms with E-state index in [-0.39, 0.29) is 17.9 Å². The quantitative estimate of drug-likeness (QED) is 0.802. The molecule has 3 rings (SSSR count). The molecule has 2 aliphatic heterocycles. The molecule has 0 aliphatic carbocycles. The molecule has 2 fully saturated rings. The van der Waals surface area contributed by atoms with Crippen molar-refractivity contribution in [3.8, 4) is 0 Å². The molecule has 138 valence electrons. The minimum absolute atomic E-state index is 0.00145. The fourth-order valence-electron chi connectivity index (χ4n) is 3.38. The molecule has 0 saturated carbocycles. The minimum Gasteiger partial charge on any atom is -0.396 e. The second-order valence-electron chi connectivity index (χ2n) is 6.99. The van der Waals surface area contributed by atoms with Crippen LogP contribution in [0.4, 0.5) is 5.69 Å². The van der Waals surface area contributed by atoms with Crippen molar-refractivity contribution in [3.05, 3.63) is 29.8 Å². The summed E-state index contributed by atoms with van der Waals surface area (Å²) in [4.78, 5) is 14.5. The third-order valence-electron chi connectivity index (χ3n) is 5.23. The van der Waals surface area contributed by atoms with E-state index >= 15 is 0 Å². The van der Waals surface area contributed by atoms with Crippen molar-refractivity contribution in [1.82, 2.24) is 5.32 Å². The number of amides is 1. The van der Waals surface area contributed by atoms with E-state index in [0.29, 0.717) is 26.2 Å². The third-order valence-corrected chi connectivity index (χ3v) is 5.23. The molecule has 1 amide bonds. The Morgan fingerprint density at radius 2 is 1.72 bits per heavy atom. The van der Waals surface area contributed by atoms with Gasteiger partial charge in [-0.2, -0.15) is 0 Å². The van der Waals surface area contributed by atoms with E-state index in [2.05, 4.69) is 22.3 Å². The molecule has 0 bridgehead atoms. The van der Waals surface area contributed by atoms with E-state index < -0.39 is 0 Å². The molecule has 0 atom stereocenters. The van der Waals surface area contributed by atoms with E-state index in [0.717, 1.165) is 44.7 Å². The SMILES string of the molecule is O=C(Cc1ccc(N2CCOCC2)cc1)NCC1(CO)CCOCC1. The van der Waals surface area contributed by atoms with Crippen LogP contribution >= 0.6 is 0 Å². The number of hydrogen-bond donors (Lipinski definition) is 2. The van der Waals surface area contributed by atoms with Crippen molar-refractivity contribution in [1.29, 1.82) is 0 Å². The minimum atomic E-state index is -0.228. The maximum atomic E-state index is 12.2. The van der Waals surface area contributed by atoms with E-state index in [1.54, 1.807) is 0 Å². The highest BCUT2D eigenvalue weighted by molar-refractivity contribution is 5.78. The van der Waals surface area contributed by atoms with Gasteiger partial charge in [-0.25, -0.2) is 0 Å². The van der Waals surface area contributed by atoms with Gasteiger partial charge in [-0.05, 0) is 30.5 Å². The van der Waals surface area contributed by atoms with Crippen LogP contribution in [0, 0.1) is 5.41 Å². The molecule has 2 N–H and O–H groups in total. The summed E-state index contributed by atoms with van der Waals surface area (Å²) in [6, 6.07) is 8.17. The van der Waals surface area contributed by atoms with Crippen LogP contribution < -0.4 is 10.2 Å². The van der Waals surface area contributed by atoms with Gasteiger partial charge in [-0.15, -0.1) is 0 Å². The number of rotatable bonds is 6. The molecule has 2 saturated heterocycles. The number of carbonyl (C=O) groups is 1. The Morgan fingerprint density at radius 1 is 1.08 bits per heavy atom. The van der Waals surface area contributed by atoms with E-state index in [1.807, 2.05) is 12.1 Å². The number of hydrogen-bond acceptors (Lipinski definition) is 5. The number of carbonyl (C=O) groups excluding carboxylic acids is 1. The first-order valence-corrected chi connectivity index (χ1v) is 9.08. The molecule has 25 heavy (non-hydrogen) atoms. The van der Waals surface area contributed by atoms with Crippen LogP contribution in [0.15, 0.2) is 24.3 Å². The zero-order valence-electron chi connectivity index (χ0n) is 14.7. The van der Waals surface area contributed by atoms with E-state index in [1.165, 1.54) is 5.69 Å². The van der Waals surface area contributed by atoms with Crippen molar-refractivity contribution >= 4 is 11.6 Å². The van der Waals surface area contributed by atoms with Gasteiger partial charge in [0.2, 0.25) is 5.91 Å². The molecule has 6 heteroatoms. The summed E-state index contributed by atoms with van der Waals surface area (Å²) in [6.45, 7) is 5.25. The number of aliphatic hydroxyl groups is 1. The molecule has 2 heterocycles. The highest BCUT2D eigenvalue weighted by Gasteiger charge is 2.32. The summed E-state index contributed by atoms with van der Waals surface area (Å²) in [6.07, 6.45) is 1.94. The number of ether oxygens (including phenoxy) is 2. The maximum absolute atomic E-state index is 12.2. The Labute approximate surface area is 149 Å². The second-order valence-corrected chi connectivity index (χ2v) is 6.99. The first kappa shape index (κ1) is 18.2. The normalized spacial score (nSPS) is 20.3. The molecule has 0 spiro atoms. The van der Waals surface area contributed by atoms with Crippen LogP contribution in [0.5, 0.6) is 0 Å². The van der Waals surface area contributed by atoms with Crippen LogP contribution in [0.2, 0.25) is 0 Å². The molecule has 1 aromatic rings. The van der Waals surface area contributed by atoms with Gasteiger partial charge in [0.25, 0.3) is 0 Å². The summed E-state index contributed by atoms with van der Waals surface area (Å²) >= 11 is 0. The zero-order valence-corrected chi connectivity index (χ0v) is 14.7. The average molecular weight is 348 g/mol. The second kappa shape index (κ2) is 8.65. The van der Waals surface area contributed by atoms with Crippen molar-refractivity contribution in [2.75, 3.05) is 57.6 Å². The average Bonchev–Trinajstić information content (AvgIpc) is 2.68. The van der Waals surface area contributed by atoms with Crippen LogP contribution in [0.1, 0.15) is 18.4 Å². The van der Waals surface area contributed by atoms with Gasteiger partial charge in [0.1, 0.15) is 0 Å². The van der Waals surface area contributed by atoms with Gasteiger partial charge in [0.05, 0.1) is 26.2 Å². The number of aliphatic hydroxyl groups excluding tert-OH is 1. The lowest BCUT2D eigenvalue weighted by Gasteiger charge is -2.35. The number of nitrogens with one attached hydrogen (secondary N) is 1. The highest BCUT2D eigenvalue weighted by atomic mass is 16.5. The van der Waals surface area contributed by atoms with Crippen LogP contribution in [0.3, 0.4) is 0 Å². The Hall–Kier alpha value is -1.63. The van der Waals surface area contributed by atoms with E-state index in [9.17, 15) is 9.90 Å². The van der Waals surface area contributed by atoms with Gasteiger partial charge in [-0.3, -0.25) is 4.79 Å². The number of morpholine rings is 1. The van der Waals surface area contributed by atoms with Crippen molar-refractivity contribution in [2.24, 2.45) is 5.41 Å². The smallest absolute Gasteiger partial charge is 0.224 e. The number of anilines is 1. The van der Waals surface area contributed by atoms with Gasteiger partial charge in [0, 0.05) is 44.0 Å². The van der Waals surface area contributed by atoms with E-state index in [4.69, 9.17) is 9.47 Å². The zero-order chi connectivity index (χ0) is 17.5. The summed E-state index contributed by atoms with van der Waals surface area (Å²) in [5, 5.41) is 12.7. The molecule has 1 aromatic carbocycles. The molecule has 0 unspecified atom stereocenters. The number of nitrogens with zero attached hydrogens (tertiary/aromatic N) is 1. The highest BCUT2D eigenvalue weighted by Crippen LogP contribution is 2.29. The summed E-state index contributed by atoms with van der Waals surface area (Å²) in [5.41, 5.74) is 1.95. The largest absolute Gasteiger partial charge is 0.396 e. The predicted molar refractivity (Wildman–Crippen MR) is 95.8 cm³/mol. The molecular weight excluding hydrogens is 320 g/mol. The topological polar surface area (TPSA) is 71.0 Å². The van der Waals surface area contributed by atoms with Crippen molar-refractivity contribution in [2.45, 2.75) is 19.3 Å². The Morgan fingerprint density at radius 3 is 2.36 bits per heavy atom. The first-order valence-electron chi connectivity index (χ1n) is 9.08. The lowest BCUT2D eigenvalue weighted by atomic mass is 9.81. The molecule has 2 aliphatic rings. The fourth-order valence-corrected chi connectivity index (χ4v) is 3.38. The first-order chi connectivity index (χ1) is 12.2. The molecule has 0 aromatic heterocycles. The lowest BCUT2D eigenvalue weighted by molar-refractivity contribution is -0.121. The summed E-state index contributed by atoms with van der Waals surface area (Å²) in [7, 11) is 0. The fraction of sp³-hybridized carbons (Fsp3) is 0.632. The molecular formula is C19H28N2O4. The molecule has 6 nitrogen and oxygen atoms in total. The maximum Gasteiger partial charge on any atom is 0.224 e. The Balaban J connectivity index is 1.49. The number of benzene rings is 1. The predicted octanol–water partition coefficient (Wildman–Crippen LogP) is 0.971. The summed E-state index contributed by atoms with van der Waals surface area (Å²) < 4.78 is 10.7. The van der Waals surface area contributed by atoms with Crippen LogP contribution in [0.25, 0.3) is 0 Å². The van der Waals surface area contributed by atoms with Gasteiger partial charge in [-0.1, -0.05) is 12.1 Å². The van der Waals surface area contributed by atoms with Gasteiger partial charge < -0.3 is 24.8 Å². The van der Waals surface area contributed by atoms with Gasteiger partial charge in [0.15, 0.2) is 0 Å². The Kier molecular flexibility index (Phi) is 6.29. The van der Waals surface area contributed by atoms with Crippen LogP contribution in [-0.4, -0.2) is 63.7 Å². The lowest BCUT2D eigenvalue weighted by Crippen LogP contribution is -2.44. The van der Waals surface area contributed by atoms with Crippen LogP contribution in [-0.2, 0) is 20.7 Å². The van der Waals surface area contributed by atoms with Crippen molar-refractivity contribution in [3.63, 3.8) is 0 Å². The monoisotopic (exact) mass is 348 g/mol. The standard InChI is InChI=1S/C19H28N2O4/c22-15-19(5-9-24-10-6-19)14-20-18(23)13-16-1-3-17(4-2-16)21-7-11-25-12-8-21/h1-4,22H,5-15H2,(H,20,23).